The zero-order valence-corrected chi connectivity index (χ0v) is 16.9. The van der Waals surface area contributed by atoms with E-state index in [9.17, 15) is 4.79 Å². The number of nitrogens with one attached hydrogen (secondary N) is 1. The minimum Gasteiger partial charge on any atom is -0.497 e. The molecule has 0 fully saturated rings. The Kier molecular flexibility index (Phi) is 6.64. The molecule has 3 rings (SSSR count). The van der Waals surface area contributed by atoms with Crippen LogP contribution in [0.1, 0.15) is 48.5 Å². The number of unbranched alkanes of at least 4 members (excludes halogenated alkanes) is 3. The van der Waals surface area contributed by atoms with Crippen LogP contribution in [0.3, 0.4) is 0 Å². The lowest BCUT2D eigenvalue weighted by Crippen LogP contribution is -2.24. The Bertz CT molecular complexity index is 966. The Labute approximate surface area is 166 Å². The number of rotatable bonds is 8. The van der Waals surface area contributed by atoms with Crippen LogP contribution in [0.2, 0.25) is 0 Å². The molecule has 0 saturated carbocycles. The van der Waals surface area contributed by atoms with Crippen molar-refractivity contribution in [2.45, 2.75) is 39.5 Å². The molecule has 4 heteroatoms. The van der Waals surface area contributed by atoms with Gasteiger partial charge < -0.3 is 10.1 Å². The number of methoxy groups -OCH3 is 1. The van der Waals surface area contributed by atoms with Crippen LogP contribution >= 0.6 is 0 Å². The molecule has 4 nitrogen and oxygen atoms in total. The highest BCUT2D eigenvalue weighted by molar-refractivity contribution is 6.07. The quantitative estimate of drug-likeness (QED) is 0.526. The van der Waals surface area contributed by atoms with Gasteiger partial charge in [-0.05, 0) is 43.7 Å². The highest BCUT2D eigenvalue weighted by Crippen LogP contribution is 2.27. The molecule has 0 bridgehead atoms. The molecule has 0 spiro atoms. The maximum absolute atomic E-state index is 12.9. The summed E-state index contributed by atoms with van der Waals surface area (Å²) in [7, 11) is 1.65. The van der Waals surface area contributed by atoms with Crippen LogP contribution < -0.4 is 10.1 Å². The molecule has 0 aliphatic rings. The average Bonchev–Trinajstić information content (AvgIpc) is 2.72. The van der Waals surface area contributed by atoms with Crippen molar-refractivity contribution in [2.24, 2.45) is 0 Å². The van der Waals surface area contributed by atoms with E-state index >= 15 is 0 Å². The summed E-state index contributed by atoms with van der Waals surface area (Å²) < 4.78 is 5.34. The Morgan fingerprint density at radius 1 is 1.07 bits per heavy atom. The van der Waals surface area contributed by atoms with Crippen molar-refractivity contribution < 1.29 is 9.53 Å². The van der Waals surface area contributed by atoms with Gasteiger partial charge in [0, 0.05) is 17.5 Å². The van der Waals surface area contributed by atoms with Gasteiger partial charge in [0.25, 0.3) is 5.91 Å². The van der Waals surface area contributed by atoms with Crippen LogP contribution in [0.25, 0.3) is 22.2 Å². The van der Waals surface area contributed by atoms with E-state index in [-0.39, 0.29) is 5.91 Å². The van der Waals surface area contributed by atoms with Crippen molar-refractivity contribution in [1.82, 2.24) is 10.3 Å². The predicted molar refractivity (Wildman–Crippen MR) is 115 cm³/mol. The molecule has 1 N–H and O–H groups in total. The van der Waals surface area contributed by atoms with E-state index in [0.717, 1.165) is 46.3 Å². The number of hydrogen-bond donors (Lipinski definition) is 1. The Balaban J connectivity index is 1.96. The first-order valence-corrected chi connectivity index (χ1v) is 9.96. The van der Waals surface area contributed by atoms with Crippen molar-refractivity contribution in [3.8, 4) is 17.0 Å². The maximum atomic E-state index is 12.9. The first-order valence-electron chi connectivity index (χ1n) is 9.96. The fraction of sp³-hybridized carbons (Fsp3) is 0.333. The number of amides is 1. The van der Waals surface area contributed by atoms with Crippen molar-refractivity contribution in [2.75, 3.05) is 13.7 Å². The number of carbonyl (C=O) groups is 1. The number of hydrogen-bond acceptors (Lipinski definition) is 3. The molecular formula is C24H28N2O2. The summed E-state index contributed by atoms with van der Waals surface area (Å²) in [5, 5.41) is 3.97. The molecule has 0 saturated heterocycles. The molecular weight excluding hydrogens is 348 g/mol. The number of ether oxygens (including phenoxy) is 1. The number of aryl methyl sites for hydroxylation is 1. The lowest BCUT2D eigenvalue weighted by atomic mass is 10.0. The molecule has 1 heterocycles. The SMILES string of the molecule is CCCCCCNC(=O)c1cc(-c2cccc(OC)c2)nc2ccc(C)cc12. The lowest BCUT2D eigenvalue weighted by molar-refractivity contribution is 0.0954. The van der Waals surface area contributed by atoms with Gasteiger partial charge in [-0.15, -0.1) is 0 Å². The summed E-state index contributed by atoms with van der Waals surface area (Å²) in [5.41, 5.74) is 4.30. The normalized spacial score (nSPS) is 10.8. The standard InChI is InChI=1S/C24H28N2O2/c1-4-5-6-7-13-25-24(27)21-16-23(18-9-8-10-19(15-18)28-3)26-22-12-11-17(2)14-20(21)22/h8-12,14-16H,4-7,13H2,1-3H3,(H,25,27). The van der Waals surface area contributed by atoms with Gasteiger partial charge in [-0.25, -0.2) is 4.98 Å². The molecule has 146 valence electrons. The third-order valence-corrected chi connectivity index (χ3v) is 4.89. The van der Waals surface area contributed by atoms with Gasteiger partial charge in [0.15, 0.2) is 0 Å². The summed E-state index contributed by atoms with van der Waals surface area (Å²) in [6.07, 6.45) is 4.53. The maximum Gasteiger partial charge on any atom is 0.252 e. The van der Waals surface area contributed by atoms with Crippen LogP contribution in [0.4, 0.5) is 0 Å². The summed E-state index contributed by atoms with van der Waals surface area (Å²) in [6, 6.07) is 15.7. The fourth-order valence-electron chi connectivity index (χ4n) is 3.31. The van der Waals surface area contributed by atoms with Crippen molar-refractivity contribution in [3.05, 3.63) is 59.7 Å². The monoisotopic (exact) mass is 376 g/mol. The fourth-order valence-corrected chi connectivity index (χ4v) is 3.31. The summed E-state index contributed by atoms with van der Waals surface area (Å²) in [6.45, 7) is 4.91. The highest BCUT2D eigenvalue weighted by Gasteiger charge is 2.14. The minimum absolute atomic E-state index is 0.0429. The second-order valence-electron chi connectivity index (χ2n) is 7.12. The number of nitrogens with zero attached hydrogens (tertiary/aromatic N) is 1. The van der Waals surface area contributed by atoms with Crippen LogP contribution in [-0.4, -0.2) is 24.5 Å². The third-order valence-electron chi connectivity index (χ3n) is 4.89. The summed E-state index contributed by atoms with van der Waals surface area (Å²) in [5.74, 6) is 0.726. The summed E-state index contributed by atoms with van der Waals surface area (Å²) >= 11 is 0. The number of carbonyl (C=O) groups excluding carboxylic acids is 1. The van der Waals surface area contributed by atoms with E-state index in [1.54, 1.807) is 7.11 Å². The number of fused-ring (bicyclic) bond motifs is 1. The molecule has 0 unspecified atom stereocenters. The average molecular weight is 377 g/mol. The zero-order chi connectivity index (χ0) is 19.9. The summed E-state index contributed by atoms with van der Waals surface area (Å²) in [4.78, 5) is 17.7. The molecule has 0 radical (unpaired) electrons. The van der Waals surface area contributed by atoms with Gasteiger partial charge in [0.05, 0.1) is 23.9 Å². The minimum atomic E-state index is -0.0429. The van der Waals surface area contributed by atoms with E-state index in [4.69, 9.17) is 9.72 Å². The smallest absolute Gasteiger partial charge is 0.252 e. The van der Waals surface area contributed by atoms with E-state index < -0.39 is 0 Å². The van der Waals surface area contributed by atoms with E-state index in [1.807, 2.05) is 55.5 Å². The van der Waals surface area contributed by atoms with Crippen molar-refractivity contribution in [3.63, 3.8) is 0 Å². The zero-order valence-electron chi connectivity index (χ0n) is 16.9. The Hall–Kier alpha value is -2.88. The predicted octanol–water partition coefficient (Wildman–Crippen LogP) is 5.53. The molecule has 3 aromatic rings. The second-order valence-corrected chi connectivity index (χ2v) is 7.12. The van der Waals surface area contributed by atoms with Crippen molar-refractivity contribution >= 4 is 16.8 Å². The number of benzene rings is 2. The first-order chi connectivity index (χ1) is 13.6. The van der Waals surface area contributed by atoms with Crippen LogP contribution in [0.15, 0.2) is 48.5 Å². The third kappa shape index (κ3) is 4.69. The molecule has 2 aromatic carbocycles. The number of pyridine rings is 1. The Morgan fingerprint density at radius 3 is 2.71 bits per heavy atom. The molecule has 0 aliphatic carbocycles. The van der Waals surface area contributed by atoms with Gasteiger partial charge >= 0.3 is 0 Å². The molecule has 1 amide bonds. The molecule has 1 aromatic heterocycles. The first kappa shape index (κ1) is 19.9. The van der Waals surface area contributed by atoms with E-state index in [1.165, 1.54) is 12.8 Å². The topological polar surface area (TPSA) is 51.2 Å². The van der Waals surface area contributed by atoms with Crippen LogP contribution in [0, 0.1) is 6.92 Å². The van der Waals surface area contributed by atoms with E-state index in [2.05, 4.69) is 12.2 Å². The number of aromatic nitrogens is 1. The molecule has 0 aliphatic heterocycles. The second kappa shape index (κ2) is 9.36. The lowest BCUT2D eigenvalue weighted by Gasteiger charge is -2.12. The highest BCUT2D eigenvalue weighted by atomic mass is 16.5. The van der Waals surface area contributed by atoms with Gasteiger partial charge in [0.1, 0.15) is 5.75 Å². The molecule has 0 atom stereocenters. The largest absolute Gasteiger partial charge is 0.497 e. The van der Waals surface area contributed by atoms with Crippen LogP contribution in [0.5, 0.6) is 5.75 Å². The van der Waals surface area contributed by atoms with Gasteiger partial charge in [-0.1, -0.05) is 49.9 Å². The van der Waals surface area contributed by atoms with Gasteiger partial charge in [0.2, 0.25) is 0 Å². The van der Waals surface area contributed by atoms with Gasteiger partial charge in [-0.2, -0.15) is 0 Å². The van der Waals surface area contributed by atoms with E-state index in [0.29, 0.717) is 12.1 Å². The molecule has 28 heavy (non-hydrogen) atoms. The van der Waals surface area contributed by atoms with Gasteiger partial charge in [-0.3, -0.25) is 4.79 Å². The van der Waals surface area contributed by atoms with Crippen LogP contribution in [-0.2, 0) is 0 Å². The Morgan fingerprint density at radius 2 is 1.93 bits per heavy atom. The van der Waals surface area contributed by atoms with Crippen molar-refractivity contribution in [1.29, 1.82) is 0 Å².